The highest BCUT2D eigenvalue weighted by Gasteiger charge is 2.12. The van der Waals surface area contributed by atoms with E-state index in [1.165, 1.54) is 0 Å². The summed E-state index contributed by atoms with van der Waals surface area (Å²) in [4.78, 5) is 11.3. The van der Waals surface area contributed by atoms with Crippen molar-refractivity contribution in [2.45, 2.75) is 0 Å². The number of anilines is 1. The maximum absolute atomic E-state index is 11.3. The van der Waals surface area contributed by atoms with Gasteiger partial charge in [0.05, 0.1) is 6.61 Å². The number of aliphatic hydroxyl groups is 1. The van der Waals surface area contributed by atoms with E-state index in [9.17, 15) is 4.79 Å². The highest BCUT2D eigenvalue weighted by molar-refractivity contribution is 5.89. The molecular weight excluding hydrogens is 224 g/mol. The Labute approximate surface area is 98.5 Å². The second-order valence-electron chi connectivity index (χ2n) is 3.46. The summed E-state index contributed by atoms with van der Waals surface area (Å²) < 4.78 is 10.8. The lowest BCUT2D eigenvalue weighted by molar-refractivity contribution is 0.171. The van der Waals surface area contributed by atoms with Gasteiger partial charge in [0, 0.05) is 18.3 Å². The van der Waals surface area contributed by atoms with Crippen LogP contribution in [-0.4, -0.2) is 37.5 Å². The molecule has 0 aliphatic carbocycles. The van der Waals surface area contributed by atoms with Crippen molar-refractivity contribution in [3.8, 4) is 11.5 Å². The van der Waals surface area contributed by atoms with Crippen LogP contribution in [0.3, 0.4) is 0 Å². The minimum atomic E-state index is -0.365. The summed E-state index contributed by atoms with van der Waals surface area (Å²) in [6.45, 7) is 1.18. The molecule has 92 valence electrons. The number of ether oxygens (including phenoxy) is 2. The smallest absolute Gasteiger partial charge is 0.319 e. The summed E-state index contributed by atoms with van der Waals surface area (Å²) in [5, 5.41) is 13.7. The van der Waals surface area contributed by atoms with Gasteiger partial charge in [0.1, 0.15) is 13.2 Å². The third kappa shape index (κ3) is 3.01. The zero-order valence-electron chi connectivity index (χ0n) is 9.23. The third-order valence-corrected chi connectivity index (χ3v) is 2.20. The molecule has 0 bridgehead atoms. The zero-order chi connectivity index (χ0) is 12.1. The summed E-state index contributed by atoms with van der Waals surface area (Å²) in [6, 6.07) is 4.81. The average molecular weight is 238 g/mol. The SMILES string of the molecule is O=C(NCCO)Nc1ccc2c(c1)OCCO2. The van der Waals surface area contributed by atoms with Crippen molar-refractivity contribution in [1.29, 1.82) is 0 Å². The Balaban J connectivity index is 1.99. The molecule has 1 aliphatic heterocycles. The van der Waals surface area contributed by atoms with E-state index in [0.29, 0.717) is 30.4 Å². The minimum absolute atomic E-state index is 0.0887. The van der Waals surface area contributed by atoms with Gasteiger partial charge in [0.2, 0.25) is 0 Å². The number of aliphatic hydroxyl groups excluding tert-OH is 1. The maximum atomic E-state index is 11.3. The number of amides is 2. The Hall–Kier alpha value is -1.95. The summed E-state index contributed by atoms with van der Waals surface area (Å²) in [5.74, 6) is 1.30. The van der Waals surface area contributed by atoms with Crippen LogP contribution in [0.1, 0.15) is 0 Å². The molecule has 1 aromatic carbocycles. The van der Waals surface area contributed by atoms with Crippen LogP contribution in [0.2, 0.25) is 0 Å². The molecule has 3 N–H and O–H groups in total. The second-order valence-corrected chi connectivity index (χ2v) is 3.46. The van der Waals surface area contributed by atoms with Gasteiger partial charge in [0.25, 0.3) is 0 Å². The van der Waals surface area contributed by atoms with E-state index in [1.54, 1.807) is 18.2 Å². The van der Waals surface area contributed by atoms with Gasteiger partial charge in [-0.25, -0.2) is 4.79 Å². The summed E-state index contributed by atoms with van der Waals surface area (Å²) in [6.07, 6.45) is 0. The monoisotopic (exact) mass is 238 g/mol. The van der Waals surface area contributed by atoms with E-state index in [0.717, 1.165) is 0 Å². The van der Waals surface area contributed by atoms with Gasteiger partial charge in [-0.1, -0.05) is 0 Å². The van der Waals surface area contributed by atoms with Crippen LogP contribution in [-0.2, 0) is 0 Å². The standard InChI is InChI=1S/C11H14N2O4/c14-4-3-12-11(15)13-8-1-2-9-10(7-8)17-6-5-16-9/h1-2,7,14H,3-6H2,(H2,12,13,15). The van der Waals surface area contributed by atoms with Gasteiger partial charge >= 0.3 is 6.03 Å². The first-order chi connectivity index (χ1) is 8.29. The predicted octanol–water partition coefficient (Wildman–Crippen LogP) is 0.572. The zero-order valence-corrected chi connectivity index (χ0v) is 9.23. The molecule has 17 heavy (non-hydrogen) atoms. The molecule has 1 heterocycles. The van der Waals surface area contributed by atoms with Gasteiger partial charge in [-0.2, -0.15) is 0 Å². The number of benzene rings is 1. The fraction of sp³-hybridized carbons (Fsp3) is 0.364. The van der Waals surface area contributed by atoms with Crippen LogP contribution in [0.5, 0.6) is 11.5 Å². The van der Waals surface area contributed by atoms with E-state index >= 15 is 0 Å². The average Bonchev–Trinajstić information content (AvgIpc) is 2.36. The second kappa shape index (κ2) is 5.40. The molecule has 0 radical (unpaired) electrons. The van der Waals surface area contributed by atoms with Crippen LogP contribution in [0.15, 0.2) is 18.2 Å². The normalized spacial score (nSPS) is 13.0. The molecule has 1 aromatic rings. The number of carbonyl (C=O) groups is 1. The van der Waals surface area contributed by atoms with E-state index in [1.807, 2.05) is 0 Å². The van der Waals surface area contributed by atoms with Crippen molar-refractivity contribution >= 4 is 11.7 Å². The molecular formula is C11H14N2O4. The highest BCUT2D eigenvalue weighted by atomic mass is 16.6. The van der Waals surface area contributed by atoms with E-state index in [4.69, 9.17) is 14.6 Å². The molecule has 6 heteroatoms. The van der Waals surface area contributed by atoms with Crippen LogP contribution in [0, 0.1) is 0 Å². The number of hydrogen-bond acceptors (Lipinski definition) is 4. The van der Waals surface area contributed by atoms with Gasteiger partial charge < -0.3 is 25.2 Å². The fourth-order valence-electron chi connectivity index (χ4n) is 1.47. The molecule has 0 atom stereocenters. The lowest BCUT2D eigenvalue weighted by Crippen LogP contribution is -2.31. The summed E-state index contributed by atoms with van der Waals surface area (Å²) >= 11 is 0. The number of hydrogen-bond donors (Lipinski definition) is 3. The number of carbonyl (C=O) groups excluding carboxylic acids is 1. The number of urea groups is 1. The van der Waals surface area contributed by atoms with Crippen molar-refractivity contribution in [2.24, 2.45) is 0 Å². The maximum Gasteiger partial charge on any atom is 0.319 e. The van der Waals surface area contributed by atoms with Crippen molar-refractivity contribution in [2.75, 3.05) is 31.7 Å². The van der Waals surface area contributed by atoms with Gasteiger partial charge in [-0.05, 0) is 12.1 Å². The third-order valence-electron chi connectivity index (χ3n) is 2.20. The van der Waals surface area contributed by atoms with Gasteiger partial charge in [-0.15, -0.1) is 0 Å². The van der Waals surface area contributed by atoms with Crippen LogP contribution < -0.4 is 20.1 Å². The number of fused-ring (bicyclic) bond motifs is 1. The molecule has 0 spiro atoms. The molecule has 2 rings (SSSR count). The van der Waals surface area contributed by atoms with Gasteiger partial charge in [-0.3, -0.25) is 0 Å². The molecule has 0 aromatic heterocycles. The molecule has 0 saturated carbocycles. The lowest BCUT2D eigenvalue weighted by Gasteiger charge is -2.19. The van der Waals surface area contributed by atoms with Crippen molar-refractivity contribution < 1.29 is 19.4 Å². The van der Waals surface area contributed by atoms with E-state index < -0.39 is 0 Å². The first-order valence-electron chi connectivity index (χ1n) is 5.35. The first-order valence-corrected chi connectivity index (χ1v) is 5.35. The van der Waals surface area contributed by atoms with Gasteiger partial charge in [0.15, 0.2) is 11.5 Å². The van der Waals surface area contributed by atoms with Crippen molar-refractivity contribution in [1.82, 2.24) is 5.32 Å². The fourth-order valence-corrected chi connectivity index (χ4v) is 1.47. The minimum Gasteiger partial charge on any atom is -0.486 e. The topological polar surface area (TPSA) is 79.8 Å². The van der Waals surface area contributed by atoms with Crippen molar-refractivity contribution in [3.63, 3.8) is 0 Å². The Kier molecular flexibility index (Phi) is 3.66. The predicted molar refractivity (Wildman–Crippen MR) is 61.5 cm³/mol. The first kappa shape index (κ1) is 11.5. The molecule has 0 fully saturated rings. The largest absolute Gasteiger partial charge is 0.486 e. The number of rotatable bonds is 3. The Morgan fingerprint density at radius 1 is 1.29 bits per heavy atom. The van der Waals surface area contributed by atoms with Crippen LogP contribution >= 0.6 is 0 Å². The molecule has 1 aliphatic rings. The van der Waals surface area contributed by atoms with Crippen molar-refractivity contribution in [3.05, 3.63) is 18.2 Å². The summed E-state index contributed by atoms with van der Waals surface area (Å²) in [5.41, 5.74) is 0.615. The van der Waals surface area contributed by atoms with E-state index in [2.05, 4.69) is 10.6 Å². The summed E-state index contributed by atoms with van der Waals surface area (Å²) in [7, 11) is 0. The van der Waals surface area contributed by atoms with Crippen LogP contribution in [0.4, 0.5) is 10.5 Å². The van der Waals surface area contributed by atoms with Crippen LogP contribution in [0.25, 0.3) is 0 Å². The Morgan fingerprint density at radius 3 is 2.82 bits per heavy atom. The Morgan fingerprint density at radius 2 is 2.06 bits per heavy atom. The van der Waals surface area contributed by atoms with E-state index in [-0.39, 0.29) is 19.2 Å². The molecule has 0 unspecified atom stereocenters. The molecule has 2 amide bonds. The highest BCUT2D eigenvalue weighted by Crippen LogP contribution is 2.32. The molecule has 6 nitrogen and oxygen atoms in total. The lowest BCUT2D eigenvalue weighted by atomic mass is 10.2. The quantitative estimate of drug-likeness (QED) is 0.719. The number of nitrogens with one attached hydrogen (secondary N) is 2. The Bertz CT molecular complexity index is 408. The molecule has 0 saturated heterocycles.